The number of urea groups is 1. The first-order valence-electron chi connectivity index (χ1n) is 11.6. The lowest BCUT2D eigenvalue weighted by Gasteiger charge is -2.36. The Morgan fingerprint density at radius 1 is 1.30 bits per heavy atom. The van der Waals surface area contributed by atoms with Crippen LogP contribution in [0.15, 0.2) is 30.5 Å². The molecule has 1 aliphatic carbocycles. The fraction of sp³-hybridized carbons (Fsp3) is 0.609. The summed E-state index contributed by atoms with van der Waals surface area (Å²) in [7, 11) is 1.55. The zero-order valence-electron chi connectivity index (χ0n) is 18.9. The topological polar surface area (TPSA) is 131 Å². The van der Waals surface area contributed by atoms with Crippen LogP contribution in [0.4, 0.5) is 10.5 Å². The number of benzene rings is 1. The number of aliphatic hydroxyl groups excluding tert-OH is 1. The van der Waals surface area contributed by atoms with Gasteiger partial charge in [-0.05, 0) is 44.2 Å². The summed E-state index contributed by atoms with van der Waals surface area (Å²) in [6, 6.07) is 6.51. The Kier molecular flexibility index (Phi) is 7.46. The Labute approximate surface area is 193 Å². The summed E-state index contributed by atoms with van der Waals surface area (Å²) < 4.78 is 13.1. The minimum atomic E-state index is -0.842. The molecule has 1 aliphatic heterocycles. The van der Waals surface area contributed by atoms with Gasteiger partial charge in [0.15, 0.2) is 0 Å². The second-order valence-electron chi connectivity index (χ2n) is 8.86. The number of rotatable bonds is 8. The predicted octanol–water partition coefficient (Wildman–Crippen LogP) is 2.17. The lowest BCUT2D eigenvalue weighted by Crippen LogP contribution is -2.52. The number of ether oxygens (including phenoxy) is 2. The van der Waals surface area contributed by atoms with Gasteiger partial charge in [-0.2, -0.15) is 0 Å². The summed E-state index contributed by atoms with van der Waals surface area (Å²) in [5, 5.41) is 34.5. The molecule has 0 radical (unpaired) electrons. The van der Waals surface area contributed by atoms with E-state index in [0.29, 0.717) is 36.5 Å². The standard InChI is InChI=1S/C23H33N5O5/c1-32-19-7-3-2-6-17(19)24-22(30)25-18-9-8-16(33-20(18)15-29)10-13-28-14-21(26-27-28)23(31)11-4-5-12-23/h2-3,6-7,14,16,18,20,29,31H,4-5,8-13,15H2,1H3,(H2,24,25,30)/t16-,18+,20+/m1/s1. The van der Waals surface area contributed by atoms with Gasteiger partial charge >= 0.3 is 6.03 Å². The molecule has 1 saturated heterocycles. The number of carbonyl (C=O) groups excluding carboxylic acids is 1. The molecule has 10 nitrogen and oxygen atoms in total. The molecule has 0 unspecified atom stereocenters. The van der Waals surface area contributed by atoms with Crippen LogP contribution in [0.1, 0.15) is 50.6 Å². The van der Waals surface area contributed by atoms with Crippen LogP contribution in [-0.2, 0) is 16.9 Å². The number of amides is 2. The van der Waals surface area contributed by atoms with Crippen LogP contribution in [0.2, 0.25) is 0 Å². The van der Waals surface area contributed by atoms with Crippen LogP contribution in [0.25, 0.3) is 0 Å². The van der Waals surface area contributed by atoms with E-state index in [1.54, 1.807) is 23.9 Å². The van der Waals surface area contributed by atoms with Crippen LogP contribution in [0, 0.1) is 0 Å². The van der Waals surface area contributed by atoms with Crippen molar-refractivity contribution in [1.29, 1.82) is 0 Å². The third-order valence-corrected chi connectivity index (χ3v) is 6.59. The van der Waals surface area contributed by atoms with Gasteiger partial charge in [-0.15, -0.1) is 5.10 Å². The molecule has 180 valence electrons. The summed E-state index contributed by atoms with van der Waals surface area (Å²) in [6.45, 7) is 0.425. The van der Waals surface area contributed by atoms with Crippen molar-refractivity contribution in [3.8, 4) is 5.75 Å². The highest BCUT2D eigenvalue weighted by molar-refractivity contribution is 5.91. The minimum Gasteiger partial charge on any atom is -0.495 e. The number of hydrogen-bond donors (Lipinski definition) is 4. The Hall–Kier alpha value is -2.69. The fourth-order valence-electron chi connectivity index (χ4n) is 4.70. The molecule has 1 aromatic carbocycles. The molecule has 2 amide bonds. The summed E-state index contributed by atoms with van der Waals surface area (Å²) in [6.07, 6.45) is 6.91. The van der Waals surface area contributed by atoms with E-state index in [1.807, 2.05) is 18.3 Å². The number of nitrogens with zero attached hydrogens (tertiary/aromatic N) is 3. The number of aryl methyl sites for hydroxylation is 1. The first kappa shape index (κ1) is 23.5. The molecule has 0 bridgehead atoms. The lowest BCUT2D eigenvalue weighted by molar-refractivity contribution is -0.0905. The lowest BCUT2D eigenvalue weighted by atomic mass is 9.97. The highest BCUT2D eigenvalue weighted by atomic mass is 16.5. The van der Waals surface area contributed by atoms with Crippen molar-refractivity contribution in [1.82, 2.24) is 20.3 Å². The highest BCUT2D eigenvalue weighted by Crippen LogP contribution is 2.37. The van der Waals surface area contributed by atoms with Gasteiger partial charge in [-0.3, -0.25) is 4.68 Å². The largest absolute Gasteiger partial charge is 0.495 e. The van der Waals surface area contributed by atoms with Crippen LogP contribution in [-0.4, -0.2) is 63.2 Å². The van der Waals surface area contributed by atoms with E-state index in [0.717, 1.165) is 32.1 Å². The maximum atomic E-state index is 12.5. The van der Waals surface area contributed by atoms with Gasteiger partial charge in [0.2, 0.25) is 0 Å². The number of hydrogen-bond acceptors (Lipinski definition) is 7. The van der Waals surface area contributed by atoms with Crippen molar-refractivity contribution < 1.29 is 24.5 Å². The third-order valence-electron chi connectivity index (χ3n) is 6.59. The van der Waals surface area contributed by atoms with Gasteiger partial charge in [-0.1, -0.05) is 30.2 Å². The molecule has 3 atom stereocenters. The molecule has 2 aliphatic rings. The van der Waals surface area contributed by atoms with Gasteiger partial charge in [0.25, 0.3) is 0 Å². The molecule has 0 spiro atoms. The van der Waals surface area contributed by atoms with Crippen molar-refractivity contribution >= 4 is 11.7 Å². The van der Waals surface area contributed by atoms with E-state index in [9.17, 15) is 15.0 Å². The normalized spacial score (nSPS) is 24.4. The van der Waals surface area contributed by atoms with E-state index in [-0.39, 0.29) is 24.8 Å². The molecular formula is C23H33N5O5. The zero-order valence-corrected chi connectivity index (χ0v) is 18.9. The third kappa shape index (κ3) is 5.63. The quantitative estimate of drug-likeness (QED) is 0.476. The van der Waals surface area contributed by atoms with Crippen molar-refractivity contribution in [2.75, 3.05) is 19.0 Å². The van der Waals surface area contributed by atoms with E-state index >= 15 is 0 Å². The van der Waals surface area contributed by atoms with Gasteiger partial charge in [-0.25, -0.2) is 4.79 Å². The molecule has 2 heterocycles. The minimum absolute atomic E-state index is 0.0558. The van der Waals surface area contributed by atoms with Crippen molar-refractivity contribution in [3.63, 3.8) is 0 Å². The number of nitrogens with one attached hydrogen (secondary N) is 2. The van der Waals surface area contributed by atoms with Gasteiger partial charge in [0, 0.05) is 6.54 Å². The number of methoxy groups -OCH3 is 1. The number of aromatic nitrogens is 3. The second-order valence-corrected chi connectivity index (χ2v) is 8.86. The monoisotopic (exact) mass is 459 g/mol. The number of aliphatic hydroxyl groups is 2. The molecule has 10 heteroatoms. The van der Waals surface area contributed by atoms with Crippen molar-refractivity contribution in [3.05, 3.63) is 36.2 Å². The maximum Gasteiger partial charge on any atom is 0.319 e. The first-order chi connectivity index (χ1) is 16.0. The summed E-state index contributed by atoms with van der Waals surface area (Å²) in [5.74, 6) is 0.572. The summed E-state index contributed by atoms with van der Waals surface area (Å²) in [5.41, 5.74) is 0.371. The molecule has 1 saturated carbocycles. The second kappa shape index (κ2) is 10.5. The zero-order chi connectivity index (χ0) is 23.3. The Bertz CT molecular complexity index is 929. The maximum absolute atomic E-state index is 12.5. The van der Waals surface area contributed by atoms with Crippen molar-refractivity contribution in [2.45, 2.75) is 75.3 Å². The molecule has 4 rings (SSSR count). The Morgan fingerprint density at radius 3 is 2.85 bits per heavy atom. The van der Waals surface area contributed by atoms with E-state index in [1.165, 1.54) is 0 Å². The first-order valence-corrected chi connectivity index (χ1v) is 11.6. The van der Waals surface area contributed by atoms with Gasteiger partial charge in [0.1, 0.15) is 23.1 Å². The molecule has 4 N–H and O–H groups in total. The molecule has 33 heavy (non-hydrogen) atoms. The number of para-hydroxylation sites is 2. The average Bonchev–Trinajstić information content (AvgIpc) is 3.49. The van der Waals surface area contributed by atoms with Crippen LogP contribution in [0.3, 0.4) is 0 Å². The van der Waals surface area contributed by atoms with E-state index in [2.05, 4.69) is 20.9 Å². The highest BCUT2D eigenvalue weighted by Gasteiger charge is 2.36. The summed E-state index contributed by atoms with van der Waals surface area (Å²) >= 11 is 0. The Balaban J connectivity index is 1.26. The van der Waals surface area contributed by atoms with Crippen LogP contribution >= 0.6 is 0 Å². The molecular weight excluding hydrogens is 426 g/mol. The van der Waals surface area contributed by atoms with Crippen molar-refractivity contribution in [2.24, 2.45) is 0 Å². The SMILES string of the molecule is COc1ccccc1NC(=O)N[C@H]1CC[C@H](CCn2cc(C3(O)CCCC3)nn2)O[C@H]1CO. The van der Waals surface area contributed by atoms with E-state index < -0.39 is 11.7 Å². The average molecular weight is 460 g/mol. The molecule has 1 aromatic heterocycles. The number of carbonyl (C=O) groups is 1. The Morgan fingerprint density at radius 2 is 2.09 bits per heavy atom. The van der Waals surface area contributed by atoms with Crippen LogP contribution in [0.5, 0.6) is 5.75 Å². The summed E-state index contributed by atoms with van der Waals surface area (Å²) in [4.78, 5) is 12.5. The predicted molar refractivity (Wildman–Crippen MR) is 121 cm³/mol. The van der Waals surface area contributed by atoms with Gasteiger partial charge < -0.3 is 30.3 Å². The van der Waals surface area contributed by atoms with Crippen LogP contribution < -0.4 is 15.4 Å². The smallest absolute Gasteiger partial charge is 0.319 e. The van der Waals surface area contributed by atoms with E-state index in [4.69, 9.17) is 9.47 Å². The molecule has 2 aromatic rings. The fourth-order valence-corrected chi connectivity index (χ4v) is 4.70. The number of anilines is 1. The van der Waals surface area contributed by atoms with Gasteiger partial charge in [0.05, 0.1) is 37.7 Å². The molecule has 2 fully saturated rings.